The third-order valence-corrected chi connectivity index (χ3v) is 4.42. The van der Waals surface area contributed by atoms with E-state index in [9.17, 15) is 14.4 Å². The van der Waals surface area contributed by atoms with E-state index in [0.717, 1.165) is 0 Å². The van der Waals surface area contributed by atoms with Crippen LogP contribution in [0.5, 0.6) is 0 Å². The Morgan fingerprint density at radius 2 is 1.91 bits per heavy atom. The SMILES string of the molecule is CCOC(=O)C1C(=O)NCC12CCN(C(=O)OC(C)(C)C)CC2. The zero-order valence-electron chi connectivity index (χ0n) is 14.3. The second kappa shape index (κ2) is 6.37. The summed E-state index contributed by atoms with van der Waals surface area (Å²) in [6, 6.07) is 0. The summed E-state index contributed by atoms with van der Waals surface area (Å²) in [6.45, 7) is 8.86. The molecule has 0 radical (unpaired) electrons. The van der Waals surface area contributed by atoms with Crippen molar-refractivity contribution in [2.75, 3.05) is 26.2 Å². The molecular weight excluding hydrogens is 300 g/mol. The summed E-state index contributed by atoms with van der Waals surface area (Å²) in [7, 11) is 0. The van der Waals surface area contributed by atoms with E-state index >= 15 is 0 Å². The smallest absolute Gasteiger partial charge is 0.410 e. The van der Waals surface area contributed by atoms with Gasteiger partial charge in [0.15, 0.2) is 0 Å². The Morgan fingerprint density at radius 1 is 1.30 bits per heavy atom. The van der Waals surface area contributed by atoms with Crippen LogP contribution < -0.4 is 5.32 Å². The van der Waals surface area contributed by atoms with Crippen LogP contribution in [0.4, 0.5) is 4.79 Å². The van der Waals surface area contributed by atoms with Crippen molar-refractivity contribution in [2.45, 2.75) is 46.1 Å². The van der Waals surface area contributed by atoms with Crippen molar-refractivity contribution in [2.24, 2.45) is 11.3 Å². The maximum Gasteiger partial charge on any atom is 0.410 e. The molecule has 1 spiro atoms. The number of hydrogen-bond acceptors (Lipinski definition) is 5. The van der Waals surface area contributed by atoms with E-state index in [-0.39, 0.29) is 18.6 Å². The Balaban J connectivity index is 2.03. The molecule has 2 fully saturated rings. The monoisotopic (exact) mass is 326 g/mol. The summed E-state index contributed by atoms with van der Waals surface area (Å²) in [4.78, 5) is 38.0. The first-order chi connectivity index (χ1) is 10.7. The molecule has 2 saturated heterocycles. The summed E-state index contributed by atoms with van der Waals surface area (Å²) >= 11 is 0. The fourth-order valence-electron chi connectivity index (χ4n) is 3.25. The number of piperidine rings is 1. The largest absolute Gasteiger partial charge is 0.465 e. The first kappa shape index (κ1) is 17.6. The molecule has 1 N–H and O–H groups in total. The van der Waals surface area contributed by atoms with Crippen molar-refractivity contribution < 1.29 is 23.9 Å². The quantitative estimate of drug-likeness (QED) is 0.611. The van der Waals surface area contributed by atoms with Crippen LogP contribution >= 0.6 is 0 Å². The van der Waals surface area contributed by atoms with E-state index in [2.05, 4.69) is 5.32 Å². The number of carbonyl (C=O) groups is 3. The summed E-state index contributed by atoms with van der Waals surface area (Å²) < 4.78 is 10.4. The van der Waals surface area contributed by atoms with Crippen LogP contribution in [0.25, 0.3) is 0 Å². The molecule has 7 nitrogen and oxygen atoms in total. The Labute approximate surface area is 136 Å². The van der Waals surface area contributed by atoms with Crippen LogP contribution in [-0.4, -0.2) is 54.7 Å². The third kappa shape index (κ3) is 3.76. The van der Waals surface area contributed by atoms with E-state index in [1.807, 2.05) is 20.8 Å². The molecule has 0 aromatic carbocycles. The van der Waals surface area contributed by atoms with Gasteiger partial charge < -0.3 is 19.7 Å². The van der Waals surface area contributed by atoms with Gasteiger partial charge in [0.1, 0.15) is 11.5 Å². The maximum absolute atomic E-state index is 12.1. The van der Waals surface area contributed by atoms with Gasteiger partial charge in [-0.25, -0.2) is 4.79 Å². The number of rotatable bonds is 2. The predicted octanol–water partition coefficient (Wildman–Crippen LogP) is 1.31. The van der Waals surface area contributed by atoms with E-state index in [4.69, 9.17) is 9.47 Å². The van der Waals surface area contributed by atoms with E-state index < -0.39 is 22.9 Å². The molecule has 2 amide bonds. The minimum atomic E-state index is -0.775. The number of likely N-dealkylation sites (tertiary alicyclic amines) is 1. The number of hydrogen-bond donors (Lipinski definition) is 1. The number of nitrogens with zero attached hydrogens (tertiary/aromatic N) is 1. The first-order valence-corrected chi connectivity index (χ1v) is 8.11. The Hall–Kier alpha value is -1.79. The van der Waals surface area contributed by atoms with Gasteiger partial charge in [0.25, 0.3) is 0 Å². The van der Waals surface area contributed by atoms with Gasteiger partial charge >= 0.3 is 12.1 Å². The second-order valence-corrected chi connectivity index (χ2v) is 7.23. The molecule has 2 rings (SSSR count). The molecule has 0 aliphatic carbocycles. The van der Waals surface area contributed by atoms with Crippen LogP contribution in [0.1, 0.15) is 40.5 Å². The zero-order valence-corrected chi connectivity index (χ0v) is 14.3. The zero-order chi connectivity index (χ0) is 17.3. The van der Waals surface area contributed by atoms with Crippen molar-refractivity contribution in [3.05, 3.63) is 0 Å². The lowest BCUT2D eigenvalue weighted by molar-refractivity contribution is -0.155. The summed E-state index contributed by atoms with van der Waals surface area (Å²) in [5, 5.41) is 2.78. The van der Waals surface area contributed by atoms with E-state index in [0.29, 0.717) is 32.5 Å². The first-order valence-electron chi connectivity index (χ1n) is 8.11. The highest BCUT2D eigenvalue weighted by atomic mass is 16.6. The number of nitrogens with one attached hydrogen (secondary N) is 1. The number of ether oxygens (including phenoxy) is 2. The van der Waals surface area contributed by atoms with Gasteiger partial charge in [0, 0.05) is 25.0 Å². The minimum absolute atomic E-state index is 0.253. The van der Waals surface area contributed by atoms with Crippen LogP contribution in [0.15, 0.2) is 0 Å². The van der Waals surface area contributed by atoms with Gasteiger partial charge in [-0.2, -0.15) is 0 Å². The standard InChI is InChI=1S/C16H26N2O5/c1-5-22-13(20)11-12(19)17-10-16(11)6-8-18(9-7-16)14(21)23-15(2,3)4/h11H,5-10H2,1-4H3,(H,17,19). The maximum atomic E-state index is 12.1. The van der Waals surface area contributed by atoms with Gasteiger partial charge in [-0.05, 0) is 40.5 Å². The summed E-state index contributed by atoms with van der Waals surface area (Å²) in [5.41, 5.74) is -0.994. The average Bonchev–Trinajstić information content (AvgIpc) is 2.75. The van der Waals surface area contributed by atoms with Crippen molar-refractivity contribution in [1.82, 2.24) is 10.2 Å². The molecule has 0 aromatic rings. The van der Waals surface area contributed by atoms with Crippen LogP contribution in [0.2, 0.25) is 0 Å². The lowest BCUT2D eigenvalue weighted by Gasteiger charge is -2.40. The highest BCUT2D eigenvalue weighted by molar-refractivity contribution is 6.00. The number of amides is 2. The molecule has 2 aliphatic rings. The van der Waals surface area contributed by atoms with Gasteiger partial charge in [0.05, 0.1) is 6.61 Å². The minimum Gasteiger partial charge on any atom is -0.465 e. The Bertz CT molecular complexity index is 489. The fourth-order valence-corrected chi connectivity index (χ4v) is 3.25. The van der Waals surface area contributed by atoms with Crippen molar-refractivity contribution in [3.63, 3.8) is 0 Å². The number of esters is 1. The lowest BCUT2D eigenvalue weighted by Crippen LogP contribution is -2.49. The van der Waals surface area contributed by atoms with Crippen LogP contribution in [0, 0.1) is 11.3 Å². The lowest BCUT2D eigenvalue weighted by atomic mass is 9.70. The number of carbonyl (C=O) groups excluding carboxylic acids is 3. The molecule has 1 atom stereocenters. The summed E-state index contributed by atoms with van der Waals surface area (Å²) in [5.74, 6) is -1.51. The molecule has 7 heteroatoms. The molecule has 0 aromatic heterocycles. The Kier molecular flexibility index (Phi) is 4.87. The van der Waals surface area contributed by atoms with Crippen molar-refractivity contribution in [1.29, 1.82) is 0 Å². The third-order valence-electron chi connectivity index (χ3n) is 4.42. The molecule has 23 heavy (non-hydrogen) atoms. The molecule has 0 saturated carbocycles. The van der Waals surface area contributed by atoms with E-state index in [1.165, 1.54) is 0 Å². The second-order valence-electron chi connectivity index (χ2n) is 7.23. The molecule has 0 bridgehead atoms. The Morgan fingerprint density at radius 3 is 2.43 bits per heavy atom. The van der Waals surface area contributed by atoms with E-state index in [1.54, 1.807) is 11.8 Å². The van der Waals surface area contributed by atoms with Crippen molar-refractivity contribution >= 4 is 18.0 Å². The van der Waals surface area contributed by atoms with Crippen LogP contribution in [-0.2, 0) is 19.1 Å². The molecule has 2 heterocycles. The molecule has 2 aliphatic heterocycles. The molecule has 130 valence electrons. The topological polar surface area (TPSA) is 84.9 Å². The fraction of sp³-hybridized carbons (Fsp3) is 0.812. The normalized spacial score (nSPS) is 23.6. The van der Waals surface area contributed by atoms with Crippen molar-refractivity contribution in [3.8, 4) is 0 Å². The molecular formula is C16H26N2O5. The average molecular weight is 326 g/mol. The predicted molar refractivity (Wildman–Crippen MR) is 82.6 cm³/mol. The highest BCUT2D eigenvalue weighted by Gasteiger charge is 2.54. The highest BCUT2D eigenvalue weighted by Crippen LogP contribution is 2.42. The summed E-state index contributed by atoms with van der Waals surface area (Å²) in [6.07, 6.45) is 0.806. The van der Waals surface area contributed by atoms with Crippen LogP contribution in [0.3, 0.4) is 0 Å². The van der Waals surface area contributed by atoms with Gasteiger partial charge in [0.2, 0.25) is 5.91 Å². The van der Waals surface area contributed by atoms with Gasteiger partial charge in [-0.3, -0.25) is 9.59 Å². The molecule has 1 unspecified atom stereocenters. The van der Waals surface area contributed by atoms with Gasteiger partial charge in [-0.15, -0.1) is 0 Å². The van der Waals surface area contributed by atoms with Gasteiger partial charge in [-0.1, -0.05) is 0 Å².